The number of aliphatic hydroxyl groups excluding tert-OH is 2. The Balaban J connectivity index is 0.000000540. The highest BCUT2D eigenvalue weighted by molar-refractivity contribution is 5.90. The number of benzene rings is 3. The third-order valence-electron chi connectivity index (χ3n) is 6.33. The number of H-pyrrole nitrogens is 1. The molecule has 0 spiro atoms. The lowest BCUT2D eigenvalue weighted by atomic mass is 10.0. The number of carbonyl (C=O) groups is 1. The fourth-order valence-corrected chi connectivity index (χ4v) is 4.30. The number of nitrogens with one attached hydrogen (secondary N) is 1. The molecule has 0 atom stereocenters. The summed E-state index contributed by atoms with van der Waals surface area (Å²) < 4.78 is 1.45. The van der Waals surface area contributed by atoms with Gasteiger partial charge in [-0.3, -0.25) is 9.89 Å². The van der Waals surface area contributed by atoms with Crippen molar-refractivity contribution < 1.29 is 25.2 Å². The number of carboxylic acid groups (broad SMARTS) is 1. The Morgan fingerprint density at radius 3 is 2.29 bits per heavy atom. The van der Waals surface area contributed by atoms with Crippen molar-refractivity contribution in [2.75, 3.05) is 26.3 Å². The Morgan fingerprint density at radius 2 is 1.62 bits per heavy atom. The number of aromatic carboxylic acids is 1. The van der Waals surface area contributed by atoms with Gasteiger partial charge >= 0.3 is 5.97 Å². The van der Waals surface area contributed by atoms with Crippen LogP contribution in [0.2, 0.25) is 0 Å². The molecular weight excluding hydrogens is 540 g/mol. The number of para-hydroxylation sites is 1. The number of fused-ring (bicyclic) bond motifs is 1. The van der Waals surface area contributed by atoms with E-state index in [2.05, 4.69) is 21.4 Å². The second kappa shape index (κ2) is 15.4. The molecular formula is C30H36N6O6. The molecule has 1 aliphatic rings. The number of hydrogen-bond acceptors (Lipinski definition) is 9. The quantitative estimate of drug-likeness (QED) is 0.162. The minimum atomic E-state index is -1.06. The second-order valence-electron chi connectivity index (χ2n) is 9.32. The summed E-state index contributed by atoms with van der Waals surface area (Å²) in [7, 11) is 0. The fourth-order valence-electron chi connectivity index (χ4n) is 4.30. The Labute approximate surface area is 242 Å². The van der Waals surface area contributed by atoms with E-state index >= 15 is 0 Å². The molecule has 0 amide bonds. The van der Waals surface area contributed by atoms with Crippen molar-refractivity contribution in [2.45, 2.75) is 26.2 Å². The molecule has 42 heavy (non-hydrogen) atoms. The SMILES string of the molecule is Cc1[nH]n(-c2ccc3c(c2)CCC3)c(=O)c1N=Nc1cccc(-c2cccc(C(=O)O)c2)c1O.NCCO.NCCO. The van der Waals surface area contributed by atoms with Gasteiger partial charge in [-0.15, -0.1) is 10.2 Å². The molecule has 1 aromatic heterocycles. The summed E-state index contributed by atoms with van der Waals surface area (Å²) in [5, 5.41) is 46.8. The number of aromatic nitrogens is 2. The van der Waals surface area contributed by atoms with Crippen molar-refractivity contribution in [3.8, 4) is 22.6 Å². The molecule has 0 radical (unpaired) electrons. The molecule has 0 bridgehead atoms. The first-order chi connectivity index (χ1) is 20.2. The van der Waals surface area contributed by atoms with Gasteiger partial charge in [0, 0.05) is 18.7 Å². The van der Waals surface area contributed by atoms with E-state index in [1.54, 1.807) is 37.3 Å². The van der Waals surface area contributed by atoms with Crippen LogP contribution < -0.4 is 17.0 Å². The van der Waals surface area contributed by atoms with Crippen LogP contribution in [0.4, 0.5) is 11.4 Å². The first-order valence-corrected chi connectivity index (χ1v) is 13.4. The highest BCUT2D eigenvalue weighted by atomic mass is 16.4. The van der Waals surface area contributed by atoms with Crippen LogP contribution in [0.3, 0.4) is 0 Å². The van der Waals surface area contributed by atoms with Gasteiger partial charge in [0.05, 0.1) is 30.2 Å². The van der Waals surface area contributed by atoms with Crippen LogP contribution in [0.15, 0.2) is 75.7 Å². The van der Waals surface area contributed by atoms with Gasteiger partial charge in [-0.25, -0.2) is 9.48 Å². The molecule has 5 rings (SSSR count). The number of aliphatic hydroxyl groups is 2. The molecule has 0 saturated carbocycles. The predicted molar refractivity (Wildman–Crippen MR) is 160 cm³/mol. The molecule has 0 saturated heterocycles. The highest BCUT2D eigenvalue weighted by Crippen LogP contribution is 2.38. The number of azo groups is 1. The van der Waals surface area contributed by atoms with E-state index in [-0.39, 0.29) is 41.5 Å². The number of aryl methyl sites for hydroxylation is 3. The molecule has 4 aromatic rings. The number of hydrogen-bond donors (Lipinski definition) is 7. The van der Waals surface area contributed by atoms with Gasteiger partial charge in [0.15, 0.2) is 11.4 Å². The maximum atomic E-state index is 13.0. The average Bonchev–Trinajstić information content (AvgIpc) is 3.59. The molecule has 0 fully saturated rings. The van der Waals surface area contributed by atoms with E-state index in [4.69, 9.17) is 21.7 Å². The summed E-state index contributed by atoms with van der Waals surface area (Å²) in [5.74, 6) is -1.21. The van der Waals surface area contributed by atoms with Crippen LogP contribution in [0, 0.1) is 6.92 Å². The van der Waals surface area contributed by atoms with Crippen molar-refractivity contribution in [3.05, 3.63) is 93.4 Å². The monoisotopic (exact) mass is 576 g/mol. The van der Waals surface area contributed by atoms with Crippen LogP contribution in [-0.2, 0) is 12.8 Å². The summed E-state index contributed by atoms with van der Waals surface area (Å²) in [4.78, 5) is 24.3. The summed E-state index contributed by atoms with van der Waals surface area (Å²) in [6.45, 7) is 2.69. The Morgan fingerprint density at radius 1 is 0.952 bits per heavy atom. The molecule has 0 aliphatic heterocycles. The highest BCUT2D eigenvalue weighted by Gasteiger charge is 2.16. The lowest BCUT2D eigenvalue weighted by Gasteiger charge is -2.07. The lowest BCUT2D eigenvalue weighted by molar-refractivity contribution is 0.0697. The summed E-state index contributed by atoms with van der Waals surface area (Å²) in [5.41, 5.74) is 14.5. The normalized spacial score (nSPS) is 11.8. The van der Waals surface area contributed by atoms with Crippen molar-refractivity contribution in [1.29, 1.82) is 0 Å². The zero-order valence-electron chi connectivity index (χ0n) is 23.3. The van der Waals surface area contributed by atoms with E-state index in [0.717, 1.165) is 24.9 Å². The number of aromatic hydroxyl groups is 1. The van der Waals surface area contributed by atoms with Crippen molar-refractivity contribution in [1.82, 2.24) is 9.78 Å². The van der Waals surface area contributed by atoms with E-state index in [1.807, 2.05) is 12.1 Å². The van der Waals surface area contributed by atoms with Crippen molar-refractivity contribution >= 4 is 17.3 Å². The largest absolute Gasteiger partial charge is 0.505 e. The third kappa shape index (κ3) is 7.77. The number of nitrogens with two attached hydrogens (primary N) is 2. The standard InChI is InChI=1S/C26H22N4O4.2C2H7NO/c1-15-23(25(32)30(29-15)20-12-11-16-5-2-6-17(16)14-20)28-27-22-10-4-9-21(24(22)31)18-7-3-8-19(13-18)26(33)34;2*3-1-2-4/h3-4,7-14,29,31H,2,5-6H2,1H3,(H,33,34);2*4H,1-3H2. The first-order valence-electron chi connectivity index (χ1n) is 13.4. The first kappa shape index (κ1) is 31.9. The molecule has 0 unspecified atom stereocenters. The van der Waals surface area contributed by atoms with Gasteiger partial charge in [0.1, 0.15) is 5.69 Å². The number of rotatable bonds is 7. The van der Waals surface area contributed by atoms with Crippen LogP contribution in [0.5, 0.6) is 5.75 Å². The lowest BCUT2D eigenvalue weighted by Crippen LogP contribution is -2.14. The van der Waals surface area contributed by atoms with Crippen molar-refractivity contribution in [3.63, 3.8) is 0 Å². The van der Waals surface area contributed by atoms with Crippen LogP contribution >= 0.6 is 0 Å². The Kier molecular flexibility index (Phi) is 11.7. The van der Waals surface area contributed by atoms with Crippen LogP contribution in [-0.4, -0.2) is 62.5 Å². The zero-order chi connectivity index (χ0) is 30.6. The Bertz CT molecular complexity index is 1590. The molecule has 12 heteroatoms. The van der Waals surface area contributed by atoms with Gasteiger partial charge in [0.2, 0.25) is 0 Å². The predicted octanol–water partition coefficient (Wildman–Crippen LogP) is 3.32. The average molecular weight is 577 g/mol. The topological polar surface area (TPSA) is 213 Å². The third-order valence-corrected chi connectivity index (χ3v) is 6.33. The van der Waals surface area contributed by atoms with Gasteiger partial charge in [-0.1, -0.05) is 30.3 Å². The molecule has 12 nitrogen and oxygen atoms in total. The molecule has 3 aromatic carbocycles. The number of aromatic amines is 1. The van der Waals surface area contributed by atoms with Gasteiger partial charge in [-0.2, -0.15) is 0 Å². The van der Waals surface area contributed by atoms with Gasteiger partial charge < -0.3 is 31.9 Å². The summed E-state index contributed by atoms with van der Waals surface area (Å²) >= 11 is 0. The fraction of sp³-hybridized carbons (Fsp3) is 0.267. The Hall–Kier alpha value is -4.62. The minimum Gasteiger partial charge on any atom is -0.505 e. The van der Waals surface area contributed by atoms with Crippen molar-refractivity contribution in [2.24, 2.45) is 21.7 Å². The van der Waals surface area contributed by atoms with E-state index in [1.165, 1.54) is 27.9 Å². The second-order valence-corrected chi connectivity index (χ2v) is 9.32. The summed E-state index contributed by atoms with van der Waals surface area (Å²) in [6.07, 6.45) is 3.20. The molecule has 222 valence electrons. The number of phenolic OH excluding ortho intramolecular Hbond substituents is 1. The number of nitrogens with zero attached hydrogens (tertiary/aromatic N) is 3. The van der Waals surface area contributed by atoms with E-state index in [0.29, 0.717) is 29.9 Å². The minimum absolute atomic E-state index is 0.0972. The maximum absolute atomic E-state index is 13.0. The van der Waals surface area contributed by atoms with E-state index in [9.17, 15) is 19.8 Å². The molecule has 9 N–H and O–H groups in total. The van der Waals surface area contributed by atoms with Crippen LogP contribution in [0.1, 0.15) is 33.6 Å². The molecule has 1 heterocycles. The smallest absolute Gasteiger partial charge is 0.335 e. The van der Waals surface area contributed by atoms with Crippen LogP contribution in [0.25, 0.3) is 16.8 Å². The zero-order valence-corrected chi connectivity index (χ0v) is 23.3. The molecule has 1 aliphatic carbocycles. The number of carboxylic acids is 1. The van der Waals surface area contributed by atoms with E-state index < -0.39 is 5.97 Å². The summed E-state index contributed by atoms with van der Waals surface area (Å²) in [6, 6.07) is 17.2. The van der Waals surface area contributed by atoms with Gasteiger partial charge in [0.25, 0.3) is 5.56 Å². The van der Waals surface area contributed by atoms with Gasteiger partial charge in [-0.05, 0) is 73.2 Å². The maximum Gasteiger partial charge on any atom is 0.335 e. The number of phenols is 1.